The summed E-state index contributed by atoms with van der Waals surface area (Å²) in [5.41, 5.74) is 2.94. The van der Waals surface area contributed by atoms with Gasteiger partial charge >= 0.3 is 0 Å². The Bertz CT molecular complexity index is 1280. The Labute approximate surface area is 210 Å². The molecule has 1 saturated heterocycles. The quantitative estimate of drug-likeness (QED) is 0.188. The van der Waals surface area contributed by atoms with E-state index in [2.05, 4.69) is 30.8 Å². The number of ether oxygens (including phenoxy) is 2. The fraction of sp³-hybridized carbons (Fsp3) is 0.214. The van der Waals surface area contributed by atoms with E-state index in [-0.39, 0.29) is 5.91 Å². The number of thiocarbonyl (C=S) groups is 1. The van der Waals surface area contributed by atoms with Gasteiger partial charge in [-0.2, -0.15) is 0 Å². The minimum absolute atomic E-state index is 0.0583. The molecule has 0 bridgehead atoms. The van der Waals surface area contributed by atoms with E-state index in [1.807, 2.05) is 56.3 Å². The SMILES string of the molecule is C=CCc1cc(/C=C2\SC(=S)N(CC)C2=O)cc(OCC)c1OCc1cccc2ccccc12. The van der Waals surface area contributed by atoms with Gasteiger partial charge in [0.25, 0.3) is 5.91 Å². The van der Waals surface area contributed by atoms with Crippen LogP contribution in [0.1, 0.15) is 30.5 Å². The molecule has 34 heavy (non-hydrogen) atoms. The van der Waals surface area contributed by atoms with Crippen molar-refractivity contribution >= 4 is 51.1 Å². The van der Waals surface area contributed by atoms with Gasteiger partial charge in [0.15, 0.2) is 11.5 Å². The van der Waals surface area contributed by atoms with Crippen molar-refractivity contribution in [1.29, 1.82) is 0 Å². The number of carbonyl (C=O) groups excluding carboxylic acids is 1. The molecule has 0 atom stereocenters. The first-order valence-corrected chi connectivity index (χ1v) is 12.5. The molecule has 0 saturated carbocycles. The molecule has 0 aromatic heterocycles. The Morgan fingerprint density at radius 1 is 1.06 bits per heavy atom. The molecule has 1 aliphatic rings. The molecular formula is C28H27NO3S2. The molecule has 1 heterocycles. The summed E-state index contributed by atoms with van der Waals surface area (Å²) in [6.45, 7) is 9.26. The van der Waals surface area contributed by atoms with Crippen LogP contribution < -0.4 is 9.47 Å². The van der Waals surface area contributed by atoms with E-state index in [0.717, 1.165) is 16.7 Å². The molecule has 4 nitrogen and oxygen atoms in total. The van der Waals surface area contributed by atoms with Gasteiger partial charge in [0.1, 0.15) is 10.9 Å². The number of hydrogen-bond acceptors (Lipinski definition) is 5. The molecule has 1 fully saturated rings. The van der Waals surface area contributed by atoms with E-state index in [4.69, 9.17) is 21.7 Å². The first-order chi connectivity index (χ1) is 16.5. The summed E-state index contributed by atoms with van der Waals surface area (Å²) < 4.78 is 12.9. The second kappa shape index (κ2) is 10.9. The predicted molar refractivity (Wildman–Crippen MR) is 145 cm³/mol. The van der Waals surface area contributed by atoms with Gasteiger partial charge in [-0.3, -0.25) is 9.69 Å². The van der Waals surface area contributed by atoms with E-state index < -0.39 is 0 Å². The maximum absolute atomic E-state index is 12.7. The van der Waals surface area contributed by atoms with Gasteiger partial charge in [0, 0.05) is 12.1 Å². The largest absolute Gasteiger partial charge is 0.490 e. The lowest BCUT2D eigenvalue weighted by molar-refractivity contribution is -0.121. The summed E-state index contributed by atoms with van der Waals surface area (Å²) in [6.07, 6.45) is 4.33. The first kappa shape index (κ1) is 24.0. The number of fused-ring (bicyclic) bond motifs is 1. The zero-order valence-corrected chi connectivity index (χ0v) is 21.0. The van der Waals surface area contributed by atoms with Gasteiger partial charge in [-0.25, -0.2) is 0 Å². The lowest BCUT2D eigenvalue weighted by Gasteiger charge is -2.17. The fourth-order valence-electron chi connectivity index (χ4n) is 3.99. The number of amides is 1. The van der Waals surface area contributed by atoms with E-state index in [1.54, 1.807) is 4.90 Å². The Balaban J connectivity index is 1.69. The van der Waals surface area contributed by atoms with Crippen LogP contribution >= 0.6 is 24.0 Å². The highest BCUT2D eigenvalue weighted by atomic mass is 32.2. The van der Waals surface area contributed by atoms with Crippen molar-refractivity contribution in [3.8, 4) is 11.5 Å². The maximum atomic E-state index is 12.7. The van der Waals surface area contributed by atoms with Crippen LogP contribution in [0.25, 0.3) is 16.8 Å². The normalized spacial score (nSPS) is 14.8. The van der Waals surface area contributed by atoms with Crippen molar-refractivity contribution < 1.29 is 14.3 Å². The Morgan fingerprint density at radius 2 is 1.85 bits per heavy atom. The van der Waals surface area contributed by atoms with Crippen LogP contribution in [0.3, 0.4) is 0 Å². The van der Waals surface area contributed by atoms with E-state index in [0.29, 0.717) is 46.9 Å². The summed E-state index contributed by atoms with van der Waals surface area (Å²) in [4.78, 5) is 14.9. The zero-order chi connectivity index (χ0) is 24.1. The van der Waals surface area contributed by atoms with Gasteiger partial charge in [0.2, 0.25) is 0 Å². The predicted octanol–water partition coefficient (Wildman–Crippen LogP) is 6.77. The number of nitrogens with zero attached hydrogens (tertiary/aromatic N) is 1. The topological polar surface area (TPSA) is 38.8 Å². The molecule has 174 valence electrons. The van der Waals surface area contributed by atoms with E-state index >= 15 is 0 Å². The fourth-order valence-corrected chi connectivity index (χ4v) is 5.38. The summed E-state index contributed by atoms with van der Waals surface area (Å²) in [5.74, 6) is 1.30. The molecule has 0 radical (unpaired) electrons. The molecule has 1 amide bonds. The average Bonchev–Trinajstić information content (AvgIpc) is 3.10. The lowest BCUT2D eigenvalue weighted by Crippen LogP contribution is -2.27. The van der Waals surface area contributed by atoms with Crippen molar-refractivity contribution in [3.63, 3.8) is 0 Å². The van der Waals surface area contributed by atoms with Crippen LogP contribution in [0.2, 0.25) is 0 Å². The average molecular weight is 490 g/mol. The number of benzene rings is 3. The van der Waals surface area contributed by atoms with Crippen molar-refractivity contribution in [2.75, 3.05) is 13.2 Å². The van der Waals surface area contributed by atoms with Crippen LogP contribution in [-0.4, -0.2) is 28.3 Å². The summed E-state index contributed by atoms with van der Waals surface area (Å²) in [6, 6.07) is 18.5. The number of allylic oxidation sites excluding steroid dienone is 1. The lowest BCUT2D eigenvalue weighted by atomic mass is 10.0. The monoisotopic (exact) mass is 489 g/mol. The van der Waals surface area contributed by atoms with Gasteiger partial charge in [0.05, 0.1) is 11.5 Å². The Hall–Kier alpha value is -3.09. The molecule has 6 heteroatoms. The third kappa shape index (κ3) is 5.03. The highest BCUT2D eigenvalue weighted by Crippen LogP contribution is 2.38. The van der Waals surface area contributed by atoms with Gasteiger partial charge in [-0.15, -0.1) is 6.58 Å². The second-order valence-electron chi connectivity index (χ2n) is 7.79. The molecular weight excluding hydrogens is 462 g/mol. The number of hydrogen-bond donors (Lipinski definition) is 0. The third-order valence-electron chi connectivity index (χ3n) is 5.56. The van der Waals surface area contributed by atoms with Crippen LogP contribution in [0.15, 0.2) is 72.2 Å². The second-order valence-corrected chi connectivity index (χ2v) is 9.46. The van der Waals surface area contributed by atoms with Gasteiger partial charge in [-0.05, 0) is 60.4 Å². The van der Waals surface area contributed by atoms with Crippen LogP contribution in [0.4, 0.5) is 0 Å². The van der Waals surface area contributed by atoms with Crippen molar-refractivity contribution in [2.45, 2.75) is 26.9 Å². The van der Waals surface area contributed by atoms with Crippen LogP contribution in [0.5, 0.6) is 11.5 Å². The minimum atomic E-state index is -0.0583. The number of carbonyl (C=O) groups is 1. The number of likely N-dealkylation sites (N-methyl/N-ethyl adjacent to an activating group) is 1. The molecule has 4 rings (SSSR count). The molecule has 0 unspecified atom stereocenters. The Morgan fingerprint density at radius 3 is 2.59 bits per heavy atom. The van der Waals surface area contributed by atoms with E-state index in [1.165, 1.54) is 22.5 Å². The third-order valence-corrected chi connectivity index (χ3v) is 6.94. The Kier molecular flexibility index (Phi) is 7.70. The highest BCUT2D eigenvalue weighted by Gasteiger charge is 2.30. The van der Waals surface area contributed by atoms with Crippen molar-refractivity contribution in [3.05, 3.63) is 88.8 Å². The molecule has 0 spiro atoms. The smallest absolute Gasteiger partial charge is 0.266 e. The van der Waals surface area contributed by atoms with Gasteiger partial charge < -0.3 is 9.47 Å². The van der Waals surface area contributed by atoms with Crippen LogP contribution in [0, 0.1) is 0 Å². The summed E-state index contributed by atoms with van der Waals surface area (Å²) in [7, 11) is 0. The number of thioether (sulfide) groups is 1. The van der Waals surface area contributed by atoms with Crippen molar-refractivity contribution in [1.82, 2.24) is 4.90 Å². The first-order valence-electron chi connectivity index (χ1n) is 11.3. The number of rotatable bonds is 9. The molecule has 0 aliphatic carbocycles. The van der Waals surface area contributed by atoms with Gasteiger partial charge in [-0.1, -0.05) is 72.5 Å². The maximum Gasteiger partial charge on any atom is 0.266 e. The summed E-state index contributed by atoms with van der Waals surface area (Å²) >= 11 is 6.68. The summed E-state index contributed by atoms with van der Waals surface area (Å²) in [5, 5.41) is 2.35. The highest BCUT2D eigenvalue weighted by molar-refractivity contribution is 8.26. The van der Waals surface area contributed by atoms with Crippen LogP contribution in [-0.2, 0) is 17.8 Å². The molecule has 3 aromatic rings. The van der Waals surface area contributed by atoms with Crippen molar-refractivity contribution in [2.24, 2.45) is 0 Å². The minimum Gasteiger partial charge on any atom is -0.490 e. The standard InChI is InChI=1S/C28H27NO3S2/c1-4-10-21-15-19(17-25-27(30)29(5-2)28(33)34-25)16-24(31-6-3)26(21)32-18-22-13-9-12-20-11-7-8-14-23(20)22/h4,7-9,11-17H,1,5-6,10,18H2,2-3H3/b25-17-. The molecule has 3 aromatic carbocycles. The van der Waals surface area contributed by atoms with E-state index in [9.17, 15) is 4.79 Å². The molecule has 1 aliphatic heterocycles. The molecule has 0 N–H and O–H groups in total. The zero-order valence-electron chi connectivity index (χ0n) is 19.4.